The Kier molecular flexibility index (Phi) is 4.04. The van der Waals surface area contributed by atoms with Gasteiger partial charge in [-0.1, -0.05) is 0 Å². The number of thiazole rings is 1. The normalized spacial score (nSPS) is 15.4. The molecule has 0 amide bonds. The van der Waals surface area contributed by atoms with E-state index in [0.29, 0.717) is 19.6 Å². The highest BCUT2D eigenvalue weighted by Crippen LogP contribution is 2.17. The van der Waals surface area contributed by atoms with E-state index >= 15 is 0 Å². The largest absolute Gasteiger partial charge is 0.387 e. The Morgan fingerprint density at radius 1 is 1.64 bits per heavy atom. The quantitative estimate of drug-likeness (QED) is 0.814. The second-order valence-corrected chi connectivity index (χ2v) is 4.64. The van der Waals surface area contributed by atoms with Gasteiger partial charge < -0.3 is 9.84 Å². The minimum absolute atomic E-state index is 0.363. The van der Waals surface area contributed by atoms with Gasteiger partial charge in [-0.25, -0.2) is 4.98 Å². The Morgan fingerprint density at radius 2 is 2.36 bits per heavy atom. The summed E-state index contributed by atoms with van der Waals surface area (Å²) in [4.78, 5) is 4.31. The van der Waals surface area contributed by atoms with Crippen LogP contribution in [0.15, 0.2) is 5.38 Å². The highest BCUT2D eigenvalue weighted by atomic mass is 32.1. The summed E-state index contributed by atoms with van der Waals surface area (Å²) in [5.41, 5.74) is 0.206. The number of aromatic nitrogens is 1. The standard InChI is InChI=1S/C10H17NO2S/c1-4-13-7-10(3,12)5-9-11-8(2)6-14-9/h6,12H,4-5,7H2,1-3H3. The maximum Gasteiger partial charge on any atom is 0.0957 e. The molecule has 0 aliphatic carbocycles. The molecule has 3 nitrogen and oxygen atoms in total. The first-order valence-corrected chi connectivity index (χ1v) is 5.62. The van der Waals surface area contributed by atoms with Gasteiger partial charge in [0.25, 0.3) is 0 Å². The molecule has 0 bridgehead atoms. The van der Waals surface area contributed by atoms with E-state index < -0.39 is 5.60 Å². The number of nitrogens with zero attached hydrogens (tertiary/aromatic N) is 1. The van der Waals surface area contributed by atoms with Gasteiger partial charge in [-0.15, -0.1) is 11.3 Å². The zero-order chi connectivity index (χ0) is 10.6. The fraction of sp³-hybridized carbons (Fsp3) is 0.700. The summed E-state index contributed by atoms with van der Waals surface area (Å²) in [6, 6.07) is 0. The fourth-order valence-electron chi connectivity index (χ4n) is 1.18. The smallest absolute Gasteiger partial charge is 0.0957 e. The zero-order valence-corrected chi connectivity index (χ0v) is 9.73. The second kappa shape index (κ2) is 4.87. The fourth-order valence-corrected chi connectivity index (χ4v) is 2.13. The zero-order valence-electron chi connectivity index (χ0n) is 8.91. The van der Waals surface area contributed by atoms with Gasteiger partial charge >= 0.3 is 0 Å². The van der Waals surface area contributed by atoms with Gasteiger partial charge in [-0.2, -0.15) is 0 Å². The molecule has 80 valence electrons. The average Bonchev–Trinajstić information content (AvgIpc) is 2.47. The van der Waals surface area contributed by atoms with Crippen molar-refractivity contribution in [2.45, 2.75) is 32.8 Å². The van der Waals surface area contributed by atoms with Crippen molar-refractivity contribution in [1.29, 1.82) is 0 Å². The summed E-state index contributed by atoms with van der Waals surface area (Å²) >= 11 is 1.58. The Balaban J connectivity index is 2.49. The molecular formula is C10H17NO2S. The van der Waals surface area contributed by atoms with Crippen LogP contribution in [0.2, 0.25) is 0 Å². The molecule has 0 aliphatic heterocycles. The molecule has 0 radical (unpaired) electrons. The highest BCUT2D eigenvalue weighted by Gasteiger charge is 2.22. The van der Waals surface area contributed by atoms with Gasteiger partial charge in [0.15, 0.2) is 0 Å². The lowest BCUT2D eigenvalue weighted by molar-refractivity contribution is -0.0296. The van der Waals surface area contributed by atoms with E-state index in [9.17, 15) is 5.11 Å². The first-order chi connectivity index (χ1) is 6.53. The Labute approximate surface area is 88.8 Å². The molecule has 0 fully saturated rings. The van der Waals surface area contributed by atoms with Crippen LogP contribution < -0.4 is 0 Å². The number of hydrogen-bond acceptors (Lipinski definition) is 4. The lowest BCUT2D eigenvalue weighted by Gasteiger charge is -2.21. The van der Waals surface area contributed by atoms with Gasteiger partial charge in [0.1, 0.15) is 0 Å². The predicted octanol–water partition coefficient (Wildman–Crippen LogP) is 1.78. The van der Waals surface area contributed by atoms with Crippen LogP contribution in [0.4, 0.5) is 0 Å². The van der Waals surface area contributed by atoms with E-state index in [0.717, 1.165) is 10.7 Å². The van der Waals surface area contributed by atoms with Crippen LogP contribution in [-0.4, -0.2) is 28.9 Å². The van der Waals surface area contributed by atoms with Crippen LogP contribution >= 0.6 is 11.3 Å². The minimum Gasteiger partial charge on any atom is -0.387 e. The van der Waals surface area contributed by atoms with Crippen LogP contribution in [0.5, 0.6) is 0 Å². The number of rotatable bonds is 5. The summed E-state index contributed by atoms with van der Waals surface area (Å²) in [6.45, 7) is 6.65. The first-order valence-electron chi connectivity index (χ1n) is 4.74. The first kappa shape index (κ1) is 11.6. The Hall–Kier alpha value is -0.450. The summed E-state index contributed by atoms with van der Waals surface area (Å²) < 4.78 is 5.20. The van der Waals surface area contributed by atoms with Gasteiger partial charge in [0.2, 0.25) is 0 Å². The van der Waals surface area contributed by atoms with Crippen molar-refractivity contribution in [2.24, 2.45) is 0 Å². The monoisotopic (exact) mass is 215 g/mol. The average molecular weight is 215 g/mol. The molecule has 14 heavy (non-hydrogen) atoms. The van der Waals surface area contributed by atoms with Crippen molar-refractivity contribution < 1.29 is 9.84 Å². The molecule has 1 N–H and O–H groups in total. The number of ether oxygens (including phenoxy) is 1. The Morgan fingerprint density at radius 3 is 2.86 bits per heavy atom. The number of hydrogen-bond donors (Lipinski definition) is 1. The molecule has 0 aromatic carbocycles. The minimum atomic E-state index is -0.805. The predicted molar refractivity (Wildman–Crippen MR) is 57.7 cm³/mol. The van der Waals surface area contributed by atoms with Gasteiger partial charge in [0.05, 0.1) is 17.2 Å². The van der Waals surface area contributed by atoms with E-state index in [1.165, 1.54) is 0 Å². The molecule has 0 spiro atoms. The molecule has 0 saturated heterocycles. The molecule has 1 aromatic heterocycles. The van der Waals surface area contributed by atoms with Crippen molar-refractivity contribution in [3.63, 3.8) is 0 Å². The molecule has 1 rings (SSSR count). The van der Waals surface area contributed by atoms with Crippen LogP contribution in [0.1, 0.15) is 24.5 Å². The van der Waals surface area contributed by atoms with Crippen molar-refractivity contribution in [2.75, 3.05) is 13.2 Å². The maximum atomic E-state index is 9.95. The lowest BCUT2D eigenvalue weighted by Crippen LogP contribution is -2.33. The molecular weight excluding hydrogens is 198 g/mol. The third kappa shape index (κ3) is 3.74. The lowest BCUT2D eigenvalue weighted by atomic mass is 10.0. The van der Waals surface area contributed by atoms with Crippen LogP contribution in [-0.2, 0) is 11.2 Å². The Bertz CT molecular complexity index is 283. The molecule has 4 heteroatoms. The van der Waals surface area contributed by atoms with E-state index in [1.807, 2.05) is 19.2 Å². The molecule has 1 atom stereocenters. The van der Waals surface area contributed by atoms with E-state index in [1.54, 1.807) is 18.3 Å². The highest BCUT2D eigenvalue weighted by molar-refractivity contribution is 7.09. The molecule has 1 aromatic rings. The summed E-state index contributed by atoms with van der Waals surface area (Å²) in [7, 11) is 0. The van der Waals surface area contributed by atoms with Gasteiger partial charge in [-0.3, -0.25) is 0 Å². The van der Waals surface area contributed by atoms with Crippen molar-refractivity contribution in [3.05, 3.63) is 16.1 Å². The van der Waals surface area contributed by atoms with E-state index in [4.69, 9.17) is 4.74 Å². The number of aliphatic hydroxyl groups is 1. The number of aryl methyl sites for hydroxylation is 1. The van der Waals surface area contributed by atoms with Crippen LogP contribution in [0.3, 0.4) is 0 Å². The topological polar surface area (TPSA) is 42.4 Å². The molecule has 0 aliphatic rings. The van der Waals surface area contributed by atoms with Crippen molar-refractivity contribution in [3.8, 4) is 0 Å². The molecule has 0 saturated carbocycles. The summed E-state index contributed by atoms with van der Waals surface area (Å²) in [6.07, 6.45) is 0.561. The van der Waals surface area contributed by atoms with Crippen molar-refractivity contribution >= 4 is 11.3 Å². The van der Waals surface area contributed by atoms with Crippen LogP contribution in [0, 0.1) is 6.92 Å². The molecule has 1 heterocycles. The third-order valence-corrected chi connectivity index (χ3v) is 2.78. The van der Waals surface area contributed by atoms with Crippen LogP contribution in [0.25, 0.3) is 0 Å². The van der Waals surface area contributed by atoms with E-state index in [-0.39, 0.29) is 0 Å². The SMILES string of the molecule is CCOCC(C)(O)Cc1nc(C)cs1. The third-order valence-electron chi connectivity index (χ3n) is 1.82. The van der Waals surface area contributed by atoms with Crippen molar-refractivity contribution in [1.82, 2.24) is 4.98 Å². The summed E-state index contributed by atoms with van der Waals surface area (Å²) in [5, 5.41) is 12.9. The summed E-state index contributed by atoms with van der Waals surface area (Å²) in [5.74, 6) is 0. The molecule has 1 unspecified atom stereocenters. The maximum absolute atomic E-state index is 9.95. The van der Waals surface area contributed by atoms with Gasteiger partial charge in [-0.05, 0) is 20.8 Å². The van der Waals surface area contributed by atoms with Gasteiger partial charge in [0, 0.05) is 24.1 Å². The van der Waals surface area contributed by atoms with E-state index in [2.05, 4.69) is 4.98 Å². The second-order valence-electron chi connectivity index (χ2n) is 3.69.